The van der Waals surface area contributed by atoms with E-state index in [-0.39, 0.29) is 6.54 Å². The quantitative estimate of drug-likeness (QED) is 0.742. The molecule has 0 unspecified atom stereocenters. The standard InChI is InChI=1S/C13H16N4O3/c1-13(2)12(20)16-9(18)7-17(13)11(19)8-5-4-6-15-10(8)14-3/h4-6H,7H2,1-3H3,(H,14,15)(H,16,18,20). The topological polar surface area (TPSA) is 91.4 Å². The number of imide groups is 1. The van der Waals surface area contributed by atoms with Gasteiger partial charge in [-0.2, -0.15) is 0 Å². The van der Waals surface area contributed by atoms with Crippen LogP contribution in [-0.2, 0) is 9.59 Å². The summed E-state index contributed by atoms with van der Waals surface area (Å²) >= 11 is 0. The van der Waals surface area contributed by atoms with Crippen LogP contribution >= 0.6 is 0 Å². The predicted octanol–water partition coefficient (Wildman–Crippen LogP) is 0.000500. The Morgan fingerprint density at radius 2 is 2.15 bits per heavy atom. The molecule has 3 amide bonds. The van der Waals surface area contributed by atoms with E-state index in [1.807, 2.05) is 0 Å². The summed E-state index contributed by atoms with van der Waals surface area (Å²) in [5, 5.41) is 5.05. The van der Waals surface area contributed by atoms with Crippen molar-refractivity contribution in [2.24, 2.45) is 0 Å². The Kier molecular flexibility index (Phi) is 3.44. The fraction of sp³-hybridized carbons (Fsp3) is 0.385. The zero-order valence-electron chi connectivity index (χ0n) is 11.6. The first-order valence-corrected chi connectivity index (χ1v) is 6.17. The molecule has 1 aliphatic heterocycles. The van der Waals surface area contributed by atoms with Gasteiger partial charge in [-0.05, 0) is 26.0 Å². The molecule has 106 valence electrons. The van der Waals surface area contributed by atoms with Gasteiger partial charge >= 0.3 is 0 Å². The second-order valence-electron chi connectivity index (χ2n) is 4.98. The third kappa shape index (κ3) is 2.22. The van der Waals surface area contributed by atoms with Gasteiger partial charge in [-0.15, -0.1) is 0 Å². The maximum atomic E-state index is 12.6. The Morgan fingerprint density at radius 3 is 2.80 bits per heavy atom. The van der Waals surface area contributed by atoms with E-state index in [0.29, 0.717) is 11.4 Å². The van der Waals surface area contributed by atoms with Gasteiger partial charge in [-0.3, -0.25) is 19.7 Å². The molecule has 2 N–H and O–H groups in total. The SMILES string of the molecule is CNc1ncccc1C(=O)N1CC(=O)NC(=O)C1(C)C. The summed E-state index contributed by atoms with van der Waals surface area (Å²) in [6, 6.07) is 3.24. The molecule has 0 aliphatic carbocycles. The van der Waals surface area contributed by atoms with Gasteiger partial charge in [0.2, 0.25) is 5.91 Å². The molecule has 0 radical (unpaired) electrons. The van der Waals surface area contributed by atoms with E-state index in [2.05, 4.69) is 15.6 Å². The van der Waals surface area contributed by atoms with Gasteiger partial charge in [0, 0.05) is 13.2 Å². The second kappa shape index (κ2) is 4.92. The van der Waals surface area contributed by atoms with Crippen molar-refractivity contribution in [3.63, 3.8) is 0 Å². The lowest BCUT2D eigenvalue weighted by atomic mass is 9.97. The van der Waals surface area contributed by atoms with Crippen LogP contribution in [0.5, 0.6) is 0 Å². The summed E-state index contributed by atoms with van der Waals surface area (Å²) in [6.45, 7) is 3.04. The van der Waals surface area contributed by atoms with Crippen LogP contribution in [0.2, 0.25) is 0 Å². The number of piperazine rings is 1. The number of carbonyl (C=O) groups excluding carboxylic acids is 3. The molecule has 1 aromatic rings. The molecular weight excluding hydrogens is 260 g/mol. The molecule has 20 heavy (non-hydrogen) atoms. The van der Waals surface area contributed by atoms with Crippen LogP contribution in [-0.4, -0.2) is 46.7 Å². The second-order valence-corrected chi connectivity index (χ2v) is 4.98. The van der Waals surface area contributed by atoms with E-state index in [4.69, 9.17) is 0 Å². The number of aromatic nitrogens is 1. The minimum Gasteiger partial charge on any atom is -0.372 e. The number of nitrogens with zero attached hydrogens (tertiary/aromatic N) is 2. The molecule has 0 aromatic carbocycles. The van der Waals surface area contributed by atoms with E-state index >= 15 is 0 Å². The van der Waals surface area contributed by atoms with Crippen molar-refractivity contribution in [2.45, 2.75) is 19.4 Å². The Morgan fingerprint density at radius 1 is 1.45 bits per heavy atom. The average molecular weight is 276 g/mol. The fourth-order valence-corrected chi connectivity index (χ4v) is 2.03. The van der Waals surface area contributed by atoms with Crippen LogP contribution in [0, 0.1) is 0 Å². The van der Waals surface area contributed by atoms with E-state index in [1.54, 1.807) is 39.2 Å². The Hall–Kier alpha value is -2.44. The minimum atomic E-state index is -1.09. The lowest BCUT2D eigenvalue weighted by Crippen LogP contribution is -2.65. The van der Waals surface area contributed by atoms with Crippen molar-refractivity contribution in [3.8, 4) is 0 Å². The molecule has 1 saturated heterocycles. The summed E-state index contributed by atoms with van der Waals surface area (Å²) in [5.74, 6) is -0.975. The lowest BCUT2D eigenvalue weighted by molar-refractivity contribution is -0.143. The number of carbonyl (C=O) groups is 3. The summed E-state index contributed by atoms with van der Waals surface area (Å²) in [5.41, 5.74) is -0.767. The molecule has 0 saturated carbocycles. The van der Waals surface area contributed by atoms with Gasteiger partial charge in [0.15, 0.2) is 0 Å². The van der Waals surface area contributed by atoms with Crippen molar-refractivity contribution in [1.82, 2.24) is 15.2 Å². The third-order valence-electron chi connectivity index (χ3n) is 3.31. The van der Waals surface area contributed by atoms with Crippen LogP contribution in [0.25, 0.3) is 0 Å². The summed E-state index contributed by atoms with van der Waals surface area (Å²) < 4.78 is 0. The molecular formula is C13H16N4O3. The molecule has 2 heterocycles. The highest BCUT2D eigenvalue weighted by molar-refractivity contribution is 6.09. The molecule has 0 atom stereocenters. The number of anilines is 1. The first kappa shape index (κ1) is 14.0. The minimum absolute atomic E-state index is 0.157. The number of amides is 3. The van der Waals surface area contributed by atoms with Crippen LogP contribution < -0.4 is 10.6 Å². The van der Waals surface area contributed by atoms with Crippen LogP contribution in [0.4, 0.5) is 5.82 Å². The molecule has 0 bridgehead atoms. The smallest absolute Gasteiger partial charge is 0.258 e. The number of hydrogen-bond donors (Lipinski definition) is 2. The molecule has 1 aliphatic rings. The summed E-state index contributed by atoms with van der Waals surface area (Å²) in [4.78, 5) is 41.3. The molecule has 2 rings (SSSR count). The van der Waals surface area contributed by atoms with Gasteiger partial charge in [0.25, 0.3) is 11.8 Å². The van der Waals surface area contributed by atoms with Crippen LogP contribution in [0.1, 0.15) is 24.2 Å². The van der Waals surface area contributed by atoms with Crippen molar-refractivity contribution in [1.29, 1.82) is 0 Å². The number of pyridine rings is 1. The first-order valence-electron chi connectivity index (χ1n) is 6.17. The molecule has 1 fully saturated rings. The zero-order chi connectivity index (χ0) is 14.9. The normalized spacial score (nSPS) is 17.6. The van der Waals surface area contributed by atoms with Crippen molar-refractivity contribution in [3.05, 3.63) is 23.9 Å². The average Bonchev–Trinajstić information content (AvgIpc) is 2.42. The maximum Gasteiger partial charge on any atom is 0.258 e. The van der Waals surface area contributed by atoms with Gasteiger partial charge in [0.1, 0.15) is 17.9 Å². The highest BCUT2D eigenvalue weighted by Gasteiger charge is 2.44. The van der Waals surface area contributed by atoms with Gasteiger partial charge in [0.05, 0.1) is 5.56 Å². The lowest BCUT2D eigenvalue weighted by Gasteiger charge is -2.40. The highest BCUT2D eigenvalue weighted by Crippen LogP contribution is 2.23. The van der Waals surface area contributed by atoms with Crippen molar-refractivity contribution >= 4 is 23.5 Å². The van der Waals surface area contributed by atoms with Gasteiger partial charge < -0.3 is 10.2 Å². The maximum absolute atomic E-state index is 12.6. The summed E-state index contributed by atoms with van der Waals surface area (Å²) in [7, 11) is 1.65. The molecule has 1 aromatic heterocycles. The molecule has 7 nitrogen and oxygen atoms in total. The van der Waals surface area contributed by atoms with Gasteiger partial charge in [-0.1, -0.05) is 0 Å². The van der Waals surface area contributed by atoms with E-state index < -0.39 is 23.3 Å². The van der Waals surface area contributed by atoms with Crippen molar-refractivity contribution < 1.29 is 14.4 Å². The van der Waals surface area contributed by atoms with E-state index in [1.165, 1.54) is 4.90 Å². The third-order valence-corrected chi connectivity index (χ3v) is 3.31. The monoisotopic (exact) mass is 276 g/mol. The summed E-state index contributed by atoms with van der Waals surface area (Å²) in [6.07, 6.45) is 1.56. The molecule has 7 heteroatoms. The van der Waals surface area contributed by atoms with Gasteiger partial charge in [-0.25, -0.2) is 4.98 Å². The Balaban J connectivity index is 2.41. The van der Waals surface area contributed by atoms with Crippen LogP contribution in [0.15, 0.2) is 18.3 Å². The zero-order valence-corrected chi connectivity index (χ0v) is 11.6. The predicted molar refractivity (Wildman–Crippen MR) is 72.0 cm³/mol. The van der Waals surface area contributed by atoms with Crippen LogP contribution in [0.3, 0.4) is 0 Å². The molecule has 0 spiro atoms. The Labute approximate surface area is 116 Å². The Bertz CT molecular complexity index is 583. The van der Waals surface area contributed by atoms with Crippen molar-refractivity contribution in [2.75, 3.05) is 18.9 Å². The number of rotatable bonds is 2. The van der Waals surface area contributed by atoms with E-state index in [9.17, 15) is 14.4 Å². The highest BCUT2D eigenvalue weighted by atomic mass is 16.2. The largest absolute Gasteiger partial charge is 0.372 e. The van der Waals surface area contributed by atoms with E-state index in [0.717, 1.165) is 0 Å². The number of hydrogen-bond acceptors (Lipinski definition) is 5. The number of nitrogens with one attached hydrogen (secondary N) is 2. The first-order chi connectivity index (χ1) is 9.37. The fourth-order valence-electron chi connectivity index (χ4n) is 2.03.